The average Bonchev–Trinajstić information content (AvgIpc) is 2.12. The smallest absolute Gasteiger partial charge is 0.255 e. The van der Waals surface area contributed by atoms with E-state index in [2.05, 4.69) is 5.32 Å². The van der Waals surface area contributed by atoms with E-state index in [1.54, 1.807) is 0 Å². The molecule has 0 unspecified atom stereocenters. The van der Waals surface area contributed by atoms with Gasteiger partial charge in [-0.2, -0.15) is 0 Å². The van der Waals surface area contributed by atoms with Crippen molar-refractivity contribution in [1.82, 2.24) is 5.32 Å². The Hall–Kier alpha value is -0.800. The number of hydrogen-bond donors (Lipinski definition) is 1. The summed E-state index contributed by atoms with van der Waals surface area (Å²) in [5, 5.41) is 2.35. The molecule has 0 aliphatic heterocycles. The van der Waals surface area contributed by atoms with Gasteiger partial charge in [0.15, 0.2) is 0 Å². The highest BCUT2D eigenvalue weighted by Crippen LogP contribution is 2.27. The van der Waals surface area contributed by atoms with E-state index in [1.807, 2.05) is 0 Å². The van der Waals surface area contributed by atoms with Crippen molar-refractivity contribution in [3.63, 3.8) is 0 Å². The first-order valence-corrected chi connectivity index (χ1v) is 4.19. The molecule has 0 aliphatic carbocycles. The van der Waals surface area contributed by atoms with Crippen LogP contribution in [0.4, 0.5) is 4.39 Å². The Bertz CT molecular complexity index is 354. The van der Waals surface area contributed by atoms with Gasteiger partial charge in [0.2, 0.25) is 0 Å². The Morgan fingerprint density at radius 3 is 2.62 bits per heavy atom. The maximum atomic E-state index is 13.1. The second kappa shape index (κ2) is 3.94. The van der Waals surface area contributed by atoms with Crippen LogP contribution >= 0.6 is 23.2 Å². The van der Waals surface area contributed by atoms with Crippen LogP contribution in [0.2, 0.25) is 10.0 Å². The zero-order chi connectivity index (χ0) is 10.0. The van der Waals surface area contributed by atoms with E-state index < -0.39 is 11.7 Å². The summed E-state index contributed by atoms with van der Waals surface area (Å²) in [5.41, 5.74) is -0.225. The molecule has 2 nitrogen and oxygen atoms in total. The molecule has 1 rings (SSSR count). The van der Waals surface area contributed by atoms with Crippen LogP contribution in [0.15, 0.2) is 12.1 Å². The lowest BCUT2D eigenvalue weighted by Gasteiger charge is -2.04. The third-order valence-corrected chi connectivity index (χ3v) is 2.30. The summed E-state index contributed by atoms with van der Waals surface area (Å²) >= 11 is 11.2. The molecule has 1 aromatic carbocycles. The molecule has 0 saturated carbocycles. The van der Waals surface area contributed by atoms with Crippen molar-refractivity contribution in [3.8, 4) is 0 Å². The van der Waals surface area contributed by atoms with Gasteiger partial charge in [0, 0.05) is 7.05 Å². The molecule has 1 amide bonds. The number of hydrogen-bond acceptors (Lipinski definition) is 1. The molecule has 70 valence electrons. The highest BCUT2D eigenvalue weighted by Gasteiger charge is 2.16. The number of carbonyl (C=O) groups is 1. The molecule has 0 fully saturated rings. The average molecular weight is 222 g/mol. The molecule has 0 atom stereocenters. The second-order valence-corrected chi connectivity index (χ2v) is 3.08. The fourth-order valence-corrected chi connectivity index (χ4v) is 1.26. The normalized spacial score (nSPS) is 9.85. The highest BCUT2D eigenvalue weighted by atomic mass is 35.5. The SMILES string of the molecule is CNC(=O)c1c(F)ccc(Cl)c1Cl. The second-order valence-electron chi connectivity index (χ2n) is 2.30. The van der Waals surface area contributed by atoms with Crippen molar-refractivity contribution in [2.45, 2.75) is 0 Å². The highest BCUT2D eigenvalue weighted by molar-refractivity contribution is 6.43. The predicted octanol–water partition coefficient (Wildman–Crippen LogP) is 2.49. The van der Waals surface area contributed by atoms with Gasteiger partial charge in [-0.05, 0) is 12.1 Å². The van der Waals surface area contributed by atoms with Crippen LogP contribution in [0.3, 0.4) is 0 Å². The number of nitrogens with one attached hydrogen (secondary N) is 1. The Morgan fingerprint density at radius 2 is 2.08 bits per heavy atom. The van der Waals surface area contributed by atoms with Crippen LogP contribution in [0.25, 0.3) is 0 Å². The first-order valence-electron chi connectivity index (χ1n) is 3.43. The summed E-state index contributed by atoms with van der Waals surface area (Å²) in [6.07, 6.45) is 0. The van der Waals surface area contributed by atoms with E-state index in [-0.39, 0.29) is 15.6 Å². The summed E-state index contributed by atoms with van der Waals surface area (Å²) in [7, 11) is 1.39. The lowest BCUT2D eigenvalue weighted by atomic mass is 10.2. The van der Waals surface area contributed by atoms with Gasteiger partial charge in [-0.15, -0.1) is 0 Å². The molecule has 5 heteroatoms. The molecular formula is C8H6Cl2FNO. The van der Waals surface area contributed by atoms with Gasteiger partial charge in [-0.25, -0.2) is 4.39 Å². The maximum Gasteiger partial charge on any atom is 0.255 e. The van der Waals surface area contributed by atoms with Crippen molar-refractivity contribution in [2.75, 3.05) is 7.05 Å². The molecule has 1 aromatic rings. The molecule has 0 heterocycles. The maximum absolute atomic E-state index is 13.1. The van der Waals surface area contributed by atoms with Crippen molar-refractivity contribution >= 4 is 29.1 Å². The van der Waals surface area contributed by atoms with Crippen LogP contribution in [-0.4, -0.2) is 13.0 Å². The van der Waals surface area contributed by atoms with Crippen LogP contribution in [-0.2, 0) is 0 Å². The van der Waals surface area contributed by atoms with Crippen molar-refractivity contribution < 1.29 is 9.18 Å². The topological polar surface area (TPSA) is 29.1 Å². The van der Waals surface area contributed by atoms with Gasteiger partial charge in [0.05, 0.1) is 15.6 Å². The Balaban J connectivity index is 3.33. The number of benzene rings is 1. The molecule has 0 aliphatic rings. The fourth-order valence-electron chi connectivity index (χ4n) is 0.860. The van der Waals surface area contributed by atoms with Gasteiger partial charge in [0.25, 0.3) is 5.91 Å². The third kappa shape index (κ3) is 1.92. The van der Waals surface area contributed by atoms with Crippen LogP contribution in [0.1, 0.15) is 10.4 Å². The van der Waals surface area contributed by atoms with Gasteiger partial charge in [-0.1, -0.05) is 23.2 Å². The van der Waals surface area contributed by atoms with Crippen molar-refractivity contribution in [1.29, 1.82) is 0 Å². The third-order valence-electron chi connectivity index (χ3n) is 1.50. The van der Waals surface area contributed by atoms with Crippen LogP contribution in [0.5, 0.6) is 0 Å². The first-order chi connectivity index (χ1) is 6.07. The first kappa shape index (κ1) is 10.3. The van der Waals surface area contributed by atoms with Crippen LogP contribution in [0, 0.1) is 5.82 Å². The Kier molecular flexibility index (Phi) is 3.12. The largest absolute Gasteiger partial charge is 0.355 e. The minimum Gasteiger partial charge on any atom is -0.355 e. The van der Waals surface area contributed by atoms with Gasteiger partial charge in [-0.3, -0.25) is 4.79 Å². The molecule has 0 saturated heterocycles. The molecule has 0 radical (unpaired) electrons. The fraction of sp³-hybridized carbons (Fsp3) is 0.125. The zero-order valence-electron chi connectivity index (χ0n) is 6.70. The standard InChI is InChI=1S/C8H6Cl2FNO/c1-12-8(13)6-5(11)3-2-4(9)7(6)10/h2-3H,1H3,(H,12,13). The lowest BCUT2D eigenvalue weighted by molar-refractivity contribution is 0.0959. The van der Waals surface area contributed by atoms with Gasteiger partial charge < -0.3 is 5.32 Å². The zero-order valence-corrected chi connectivity index (χ0v) is 8.21. The quantitative estimate of drug-likeness (QED) is 0.726. The van der Waals surface area contributed by atoms with E-state index in [9.17, 15) is 9.18 Å². The van der Waals surface area contributed by atoms with Crippen molar-refractivity contribution in [2.24, 2.45) is 0 Å². The Labute approximate surface area is 84.6 Å². The van der Waals surface area contributed by atoms with E-state index in [0.717, 1.165) is 6.07 Å². The molecular weight excluding hydrogens is 216 g/mol. The lowest BCUT2D eigenvalue weighted by Crippen LogP contribution is -2.19. The predicted molar refractivity (Wildman–Crippen MR) is 49.8 cm³/mol. The number of amides is 1. The minimum absolute atomic E-state index is 0.0685. The summed E-state index contributed by atoms with van der Waals surface area (Å²) < 4.78 is 13.1. The van der Waals surface area contributed by atoms with E-state index in [1.165, 1.54) is 13.1 Å². The van der Waals surface area contributed by atoms with Gasteiger partial charge >= 0.3 is 0 Å². The summed E-state index contributed by atoms with van der Waals surface area (Å²) in [6.45, 7) is 0. The number of halogens is 3. The number of carbonyl (C=O) groups excluding carboxylic acids is 1. The Morgan fingerprint density at radius 1 is 1.46 bits per heavy atom. The number of rotatable bonds is 1. The molecule has 0 bridgehead atoms. The molecule has 1 N–H and O–H groups in total. The summed E-state index contributed by atoms with van der Waals surface area (Å²) in [5.74, 6) is -1.28. The summed E-state index contributed by atoms with van der Waals surface area (Å²) in [6, 6.07) is 2.39. The van der Waals surface area contributed by atoms with E-state index in [0.29, 0.717) is 0 Å². The van der Waals surface area contributed by atoms with E-state index in [4.69, 9.17) is 23.2 Å². The van der Waals surface area contributed by atoms with Crippen molar-refractivity contribution in [3.05, 3.63) is 33.6 Å². The molecule has 0 aromatic heterocycles. The molecule has 0 spiro atoms. The minimum atomic E-state index is -0.686. The monoisotopic (exact) mass is 221 g/mol. The summed E-state index contributed by atoms with van der Waals surface area (Å²) in [4.78, 5) is 11.1. The molecule has 13 heavy (non-hydrogen) atoms. The van der Waals surface area contributed by atoms with Crippen LogP contribution < -0.4 is 5.32 Å². The van der Waals surface area contributed by atoms with E-state index >= 15 is 0 Å². The van der Waals surface area contributed by atoms with Gasteiger partial charge in [0.1, 0.15) is 5.82 Å².